The quantitative estimate of drug-likeness (QED) is 0.873. The van der Waals surface area contributed by atoms with Crippen LogP contribution >= 0.6 is 0 Å². The zero-order valence-corrected chi connectivity index (χ0v) is 11.4. The molecule has 3 heteroatoms. The van der Waals surface area contributed by atoms with E-state index in [1.54, 1.807) is 0 Å². The van der Waals surface area contributed by atoms with Gasteiger partial charge in [0.25, 0.3) is 0 Å². The average molecular weight is 261 g/mol. The number of carbonyl (C=O) groups is 1. The summed E-state index contributed by atoms with van der Waals surface area (Å²) in [4.78, 5) is 10.5. The highest BCUT2D eigenvalue weighted by molar-refractivity contribution is 5.64. The normalized spacial score (nSPS) is 18.2. The molecule has 1 aliphatic carbocycles. The van der Waals surface area contributed by atoms with Crippen LogP contribution in [0.25, 0.3) is 0 Å². The Balaban J connectivity index is 1.95. The van der Waals surface area contributed by atoms with Crippen LogP contribution in [0.15, 0.2) is 24.3 Å². The van der Waals surface area contributed by atoms with Gasteiger partial charge in [0.2, 0.25) is 0 Å². The lowest BCUT2D eigenvalue weighted by molar-refractivity contribution is -0.428. The van der Waals surface area contributed by atoms with Crippen molar-refractivity contribution in [3.05, 3.63) is 35.4 Å². The first-order valence-corrected chi connectivity index (χ1v) is 7.29. The molecule has 0 bridgehead atoms. The van der Waals surface area contributed by atoms with Crippen molar-refractivity contribution in [1.29, 1.82) is 0 Å². The molecule has 0 radical (unpaired) electrons. The lowest BCUT2D eigenvalue weighted by Gasteiger charge is -2.22. The van der Waals surface area contributed by atoms with Crippen LogP contribution in [0.2, 0.25) is 0 Å². The molecule has 1 fully saturated rings. The van der Waals surface area contributed by atoms with Crippen LogP contribution in [-0.2, 0) is 4.79 Å². The lowest BCUT2D eigenvalue weighted by Crippen LogP contribution is -2.53. The Morgan fingerprint density at radius 3 is 2.42 bits per heavy atom. The molecule has 0 aliphatic heterocycles. The maximum atomic E-state index is 10.5. The second-order valence-electron chi connectivity index (χ2n) is 5.61. The fourth-order valence-electron chi connectivity index (χ4n) is 2.94. The van der Waals surface area contributed by atoms with Crippen LogP contribution in [0.5, 0.6) is 0 Å². The minimum atomic E-state index is -0.993. The second-order valence-corrected chi connectivity index (χ2v) is 5.61. The van der Waals surface area contributed by atoms with Crippen LogP contribution in [0, 0.1) is 0 Å². The van der Waals surface area contributed by atoms with E-state index in [0.29, 0.717) is 12.3 Å². The molecule has 1 aromatic rings. The van der Waals surface area contributed by atoms with E-state index in [-0.39, 0.29) is 12.5 Å². The molecule has 3 nitrogen and oxygen atoms in total. The molecular formula is C16H23NO2. The van der Waals surface area contributed by atoms with Gasteiger partial charge >= 0.3 is 0 Å². The average Bonchev–Trinajstić information content (AvgIpc) is 2.46. The number of hydrogen-bond donors (Lipinski definition) is 1. The van der Waals surface area contributed by atoms with Gasteiger partial charge in [-0.15, -0.1) is 0 Å². The Kier molecular flexibility index (Phi) is 4.97. The fourth-order valence-corrected chi connectivity index (χ4v) is 2.94. The van der Waals surface area contributed by atoms with Gasteiger partial charge in [-0.3, -0.25) is 0 Å². The highest BCUT2D eigenvalue weighted by atomic mass is 16.4. The molecule has 1 aliphatic rings. The number of hydrogen-bond acceptors (Lipinski definition) is 2. The number of carboxylic acids is 1. The van der Waals surface area contributed by atoms with Crippen LogP contribution in [-0.4, -0.2) is 5.97 Å². The predicted molar refractivity (Wildman–Crippen MR) is 72.1 cm³/mol. The van der Waals surface area contributed by atoms with E-state index in [9.17, 15) is 9.90 Å². The van der Waals surface area contributed by atoms with Crippen molar-refractivity contribution in [1.82, 2.24) is 0 Å². The molecule has 104 valence electrons. The first-order chi connectivity index (χ1) is 9.16. The van der Waals surface area contributed by atoms with Gasteiger partial charge in [0.15, 0.2) is 0 Å². The molecule has 1 aromatic carbocycles. The number of benzene rings is 1. The number of rotatable bonds is 5. The molecule has 0 unspecified atom stereocenters. The van der Waals surface area contributed by atoms with Crippen molar-refractivity contribution < 1.29 is 15.6 Å². The molecule has 19 heavy (non-hydrogen) atoms. The predicted octanol–water partition coefficient (Wildman–Crippen LogP) is 1.55. The van der Waals surface area contributed by atoms with E-state index in [2.05, 4.69) is 30.0 Å². The van der Waals surface area contributed by atoms with Gasteiger partial charge in [0, 0.05) is 18.0 Å². The van der Waals surface area contributed by atoms with Crippen LogP contribution in [0.4, 0.5) is 0 Å². The maximum Gasteiger partial charge on any atom is 0.110 e. The van der Waals surface area contributed by atoms with Gasteiger partial charge < -0.3 is 15.6 Å². The molecule has 0 aromatic heterocycles. The Bertz CT molecular complexity index is 407. The monoisotopic (exact) mass is 261 g/mol. The molecule has 0 spiro atoms. The Hall–Kier alpha value is -1.35. The first kappa shape index (κ1) is 14.1. The smallest absolute Gasteiger partial charge is 0.110 e. The van der Waals surface area contributed by atoms with Crippen LogP contribution < -0.4 is 10.8 Å². The van der Waals surface area contributed by atoms with Crippen molar-refractivity contribution in [3.63, 3.8) is 0 Å². The molecule has 0 saturated heterocycles. The van der Waals surface area contributed by atoms with Gasteiger partial charge in [-0.1, -0.05) is 43.5 Å². The highest BCUT2D eigenvalue weighted by Crippen LogP contribution is 2.32. The summed E-state index contributed by atoms with van der Waals surface area (Å²) in [5.74, 6) is -0.276. The van der Waals surface area contributed by atoms with Crippen molar-refractivity contribution in [3.8, 4) is 0 Å². The van der Waals surface area contributed by atoms with Crippen LogP contribution in [0.1, 0.15) is 68.0 Å². The van der Waals surface area contributed by atoms with Gasteiger partial charge in [-0.25, -0.2) is 0 Å². The first-order valence-electron chi connectivity index (χ1n) is 7.29. The summed E-state index contributed by atoms with van der Waals surface area (Å²) in [5, 5.41) is 10.5. The minimum absolute atomic E-state index is 0.0401. The van der Waals surface area contributed by atoms with Gasteiger partial charge in [0.05, 0.1) is 0 Å². The van der Waals surface area contributed by atoms with Crippen molar-refractivity contribution >= 4 is 5.97 Å². The molecule has 1 saturated carbocycles. The molecular weight excluding hydrogens is 238 g/mol. The minimum Gasteiger partial charge on any atom is -0.550 e. The van der Waals surface area contributed by atoms with Gasteiger partial charge in [-0.2, -0.15) is 0 Å². The number of carboxylic acid groups (broad SMARTS) is 1. The van der Waals surface area contributed by atoms with E-state index in [4.69, 9.17) is 0 Å². The van der Waals surface area contributed by atoms with E-state index in [1.165, 1.54) is 37.7 Å². The Labute approximate surface area is 114 Å². The zero-order chi connectivity index (χ0) is 13.7. The Morgan fingerprint density at radius 1 is 1.21 bits per heavy atom. The van der Waals surface area contributed by atoms with E-state index in [1.807, 2.05) is 0 Å². The molecule has 1 atom stereocenters. The number of aliphatic carboxylic acids is 1. The molecule has 2 rings (SSSR count). The lowest BCUT2D eigenvalue weighted by atomic mass is 9.83. The number of quaternary nitrogens is 1. The van der Waals surface area contributed by atoms with E-state index in [0.717, 1.165) is 5.56 Å². The third-order valence-electron chi connectivity index (χ3n) is 4.18. The standard InChI is InChI=1S/C16H23NO2/c17-15(10-11-16(18)19)14-8-6-13(7-9-14)12-4-2-1-3-5-12/h6-9,12,15H,1-5,10-11,17H2,(H,18,19)/t15-/m1/s1. The molecule has 0 amide bonds. The summed E-state index contributed by atoms with van der Waals surface area (Å²) < 4.78 is 0. The third kappa shape index (κ3) is 4.06. The van der Waals surface area contributed by atoms with Crippen molar-refractivity contribution in [2.75, 3.05) is 0 Å². The van der Waals surface area contributed by atoms with Crippen molar-refractivity contribution in [2.24, 2.45) is 0 Å². The fraction of sp³-hybridized carbons (Fsp3) is 0.562. The SMILES string of the molecule is [NH3+][C@H](CCC(=O)[O-])c1ccc(C2CCCCC2)cc1. The van der Waals surface area contributed by atoms with Crippen LogP contribution in [0.3, 0.4) is 0 Å². The summed E-state index contributed by atoms with van der Waals surface area (Å²) in [6.45, 7) is 0. The highest BCUT2D eigenvalue weighted by Gasteiger charge is 2.16. The molecule has 3 N–H and O–H groups in total. The summed E-state index contributed by atoms with van der Waals surface area (Å²) in [7, 11) is 0. The van der Waals surface area contributed by atoms with E-state index >= 15 is 0 Å². The largest absolute Gasteiger partial charge is 0.550 e. The second kappa shape index (κ2) is 6.71. The Morgan fingerprint density at radius 2 is 1.84 bits per heavy atom. The zero-order valence-electron chi connectivity index (χ0n) is 11.4. The summed E-state index contributed by atoms with van der Waals surface area (Å²) in [6, 6.07) is 8.65. The van der Waals surface area contributed by atoms with Gasteiger partial charge in [0.1, 0.15) is 6.04 Å². The van der Waals surface area contributed by atoms with Crippen molar-refractivity contribution in [2.45, 2.75) is 56.9 Å². The topological polar surface area (TPSA) is 67.8 Å². The number of carbonyl (C=O) groups excluding carboxylic acids is 1. The van der Waals surface area contributed by atoms with E-state index < -0.39 is 5.97 Å². The summed E-state index contributed by atoms with van der Waals surface area (Å²) in [5.41, 5.74) is 6.58. The summed E-state index contributed by atoms with van der Waals surface area (Å²) >= 11 is 0. The molecule has 0 heterocycles. The summed E-state index contributed by atoms with van der Waals surface area (Å²) in [6.07, 6.45) is 7.30. The third-order valence-corrected chi connectivity index (χ3v) is 4.18. The van der Waals surface area contributed by atoms with Gasteiger partial charge in [-0.05, 0) is 30.7 Å². The maximum absolute atomic E-state index is 10.5.